The van der Waals surface area contributed by atoms with Gasteiger partial charge < -0.3 is 15.4 Å². The first-order valence-electron chi connectivity index (χ1n) is 7.17. The Bertz CT molecular complexity index is 746. The fourth-order valence-corrected chi connectivity index (χ4v) is 3.64. The number of para-hydroxylation sites is 1. The lowest BCUT2D eigenvalue weighted by atomic mass is 10.1. The van der Waals surface area contributed by atoms with Crippen molar-refractivity contribution in [3.63, 3.8) is 0 Å². The molecule has 6 heteroatoms. The van der Waals surface area contributed by atoms with Crippen molar-refractivity contribution in [3.8, 4) is 0 Å². The van der Waals surface area contributed by atoms with Gasteiger partial charge in [-0.25, -0.2) is 4.79 Å². The number of ether oxygens (including phenoxy) is 1. The summed E-state index contributed by atoms with van der Waals surface area (Å²) in [6, 6.07) is 6.06. The van der Waals surface area contributed by atoms with Crippen LogP contribution in [0, 0.1) is 27.7 Å². The minimum Gasteiger partial charge on any atom is -0.465 e. The molecule has 0 aliphatic rings. The summed E-state index contributed by atoms with van der Waals surface area (Å²) in [5, 5.41) is 7.50. The molecule has 0 amide bonds. The number of thiophene rings is 1. The van der Waals surface area contributed by atoms with Crippen LogP contribution in [0.25, 0.3) is 0 Å². The van der Waals surface area contributed by atoms with Crippen molar-refractivity contribution < 1.29 is 9.53 Å². The van der Waals surface area contributed by atoms with Crippen LogP contribution in [0.15, 0.2) is 18.2 Å². The van der Waals surface area contributed by atoms with E-state index in [1.165, 1.54) is 18.4 Å². The van der Waals surface area contributed by atoms with E-state index in [9.17, 15) is 4.79 Å². The average Bonchev–Trinajstić information content (AvgIpc) is 2.77. The highest BCUT2D eigenvalue weighted by atomic mass is 32.1. The van der Waals surface area contributed by atoms with Crippen molar-refractivity contribution in [1.82, 2.24) is 0 Å². The first kappa shape index (κ1) is 17.4. The number of esters is 1. The van der Waals surface area contributed by atoms with Gasteiger partial charge >= 0.3 is 5.97 Å². The number of carbonyl (C=O) groups excluding carboxylic acids is 1. The molecule has 2 N–H and O–H groups in total. The number of aryl methyl sites for hydroxylation is 3. The monoisotopic (exact) mass is 348 g/mol. The number of hydrogen-bond donors (Lipinski definition) is 2. The van der Waals surface area contributed by atoms with Crippen LogP contribution in [0.4, 0.5) is 10.7 Å². The molecule has 0 aliphatic heterocycles. The maximum absolute atomic E-state index is 12.0. The smallest absolute Gasteiger partial charge is 0.341 e. The van der Waals surface area contributed by atoms with Gasteiger partial charge in [-0.1, -0.05) is 18.2 Å². The van der Waals surface area contributed by atoms with E-state index in [1.807, 2.05) is 45.9 Å². The number of anilines is 2. The number of benzene rings is 1. The molecule has 23 heavy (non-hydrogen) atoms. The average molecular weight is 348 g/mol. The molecule has 0 radical (unpaired) electrons. The largest absolute Gasteiger partial charge is 0.465 e. The standard InChI is InChI=1S/C17H20N2O2S2/c1-9-7-6-8-10(2)14(9)18-17(22)19-15-13(16(20)21-5)11(3)12(4)23-15/h6-8H,1-5H3,(H2,18,19,22). The summed E-state index contributed by atoms with van der Waals surface area (Å²) < 4.78 is 4.87. The molecule has 0 fully saturated rings. The molecular weight excluding hydrogens is 328 g/mol. The number of thiocarbonyl (C=S) groups is 1. The number of rotatable bonds is 3. The van der Waals surface area contributed by atoms with Gasteiger partial charge in [-0.3, -0.25) is 0 Å². The summed E-state index contributed by atoms with van der Waals surface area (Å²) in [6.07, 6.45) is 0. The molecule has 0 saturated carbocycles. The number of methoxy groups -OCH3 is 1. The molecule has 4 nitrogen and oxygen atoms in total. The third kappa shape index (κ3) is 3.71. The second kappa shape index (κ2) is 7.10. The normalized spacial score (nSPS) is 10.3. The Hall–Kier alpha value is -1.92. The highest BCUT2D eigenvalue weighted by molar-refractivity contribution is 7.80. The van der Waals surface area contributed by atoms with Crippen molar-refractivity contribution in [2.45, 2.75) is 27.7 Å². The third-order valence-corrected chi connectivity index (χ3v) is 5.05. The lowest BCUT2D eigenvalue weighted by Crippen LogP contribution is -2.21. The van der Waals surface area contributed by atoms with Crippen molar-refractivity contribution in [3.05, 3.63) is 45.3 Å². The van der Waals surface area contributed by atoms with Gasteiger partial charge in [0.05, 0.1) is 12.7 Å². The van der Waals surface area contributed by atoms with Crippen LogP contribution in [0.3, 0.4) is 0 Å². The molecule has 1 aromatic carbocycles. The SMILES string of the molecule is COC(=O)c1c(NC(=S)Nc2c(C)cccc2C)sc(C)c1C. The van der Waals surface area contributed by atoms with Crippen LogP contribution >= 0.6 is 23.6 Å². The fraction of sp³-hybridized carbons (Fsp3) is 0.294. The number of hydrogen-bond acceptors (Lipinski definition) is 4. The van der Waals surface area contributed by atoms with Gasteiger partial charge in [0.15, 0.2) is 5.11 Å². The Morgan fingerprint density at radius 2 is 1.74 bits per heavy atom. The van der Waals surface area contributed by atoms with Crippen LogP contribution in [0.2, 0.25) is 0 Å². The molecule has 1 aromatic heterocycles. The molecule has 0 unspecified atom stereocenters. The first-order chi connectivity index (χ1) is 10.8. The Labute approximate surface area is 145 Å². The molecule has 2 aromatic rings. The minimum absolute atomic E-state index is 0.357. The maximum atomic E-state index is 12.0. The molecule has 122 valence electrons. The summed E-state index contributed by atoms with van der Waals surface area (Å²) in [5.74, 6) is -0.357. The van der Waals surface area contributed by atoms with Crippen LogP contribution < -0.4 is 10.6 Å². The van der Waals surface area contributed by atoms with Gasteiger partial charge in [-0.2, -0.15) is 0 Å². The van der Waals surface area contributed by atoms with Gasteiger partial charge in [0.25, 0.3) is 0 Å². The van der Waals surface area contributed by atoms with E-state index in [-0.39, 0.29) is 5.97 Å². The second-order valence-electron chi connectivity index (χ2n) is 5.32. The van der Waals surface area contributed by atoms with Crippen LogP contribution in [-0.2, 0) is 4.74 Å². The first-order valence-corrected chi connectivity index (χ1v) is 8.40. The van der Waals surface area contributed by atoms with Crippen molar-refractivity contribution >= 4 is 45.3 Å². The van der Waals surface area contributed by atoms with Crippen LogP contribution in [-0.4, -0.2) is 18.2 Å². The fourth-order valence-electron chi connectivity index (χ4n) is 2.32. The molecule has 0 spiro atoms. The molecule has 0 saturated heterocycles. The Balaban J connectivity index is 2.24. The number of nitrogens with one attached hydrogen (secondary N) is 2. The van der Waals surface area contributed by atoms with Crippen molar-refractivity contribution in [2.24, 2.45) is 0 Å². The molecule has 1 heterocycles. The lowest BCUT2D eigenvalue weighted by molar-refractivity contribution is 0.0601. The predicted octanol–water partition coefficient (Wildman–Crippen LogP) is 4.58. The van der Waals surface area contributed by atoms with E-state index in [2.05, 4.69) is 10.6 Å². The maximum Gasteiger partial charge on any atom is 0.341 e. The van der Waals surface area contributed by atoms with E-state index >= 15 is 0 Å². The quantitative estimate of drug-likeness (QED) is 0.628. The highest BCUT2D eigenvalue weighted by Crippen LogP contribution is 2.33. The summed E-state index contributed by atoms with van der Waals surface area (Å²) in [7, 11) is 1.38. The van der Waals surface area contributed by atoms with Crippen molar-refractivity contribution in [1.29, 1.82) is 0 Å². The van der Waals surface area contributed by atoms with E-state index in [0.29, 0.717) is 15.7 Å². The highest BCUT2D eigenvalue weighted by Gasteiger charge is 2.21. The van der Waals surface area contributed by atoms with Gasteiger partial charge in [-0.15, -0.1) is 11.3 Å². The lowest BCUT2D eigenvalue weighted by Gasteiger charge is -2.14. The van der Waals surface area contributed by atoms with Crippen LogP contribution in [0.5, 0.6) is 0 Å². The molecule has 0 bridgehead atoms. The summed E-state index contributed by atoms with van der Waals surface area (Å²) in [6.45, 7) is 7.93. The van der Waals surface area contributed by atoms with Gasteiger partial charge in [-0.05, 0) is 56.6 Å². The Morgan fingerprint density at radius 1 is 1.13 bits per heavy atom. The minimum atomic E-state index is -0.357. The van der Waals surface area contributed by atoms with Crippen LogP contribution in [0.1, 0.15) is 31.9 Å². The van der Waals surface area contributed by atoms with Gasteiger partial charge in [0.1, 0.15) is 5.00 Å². The molecule has 0 atom stereocenters. The van der Waals surface area contributed by atoms with E-state index < -0.39 is 0 Å². The Kier molecular flexibility index (Phi) is 5.38. The number of carbonyl (C=O) groups is 1. The molecular formula is C17H20N2O2S2. The van der Waals surface area contributed by atoms with Crippen molar-refractivity contribution in [2.75, 3.05) is 17.7 Å². The summed E-state index contributed by atoms with van der Waals surface area (Å²) >= 11 is 6.90. The second-order valence-corrected chi connectivity index (χ2v) is 6.96. The topological polar surface area (TPSA) is 50.4 Å². The summed E-state index contributed by atoms with van der Waals surface area (Å²) in [4.78, 5) is 13.1. The molecule has 2 rings (SSSR count). The zero-order valence-electron chi connectivity index (χ0n) is 13.9. The Morgan fingerprint density at radius 3 is 2.30 bits per heavy atom. The van der Waals surface area contributed by atoms with Gasteiger partial charge in [0.2, 0.25) is 0 Å². The van der Waals surface area contributed by atoms with E-state index in [1.54, 1.807) is 0 Å². The third-order valence-electron chi connectivity index (χ3n) is 3.72. The zero-order chi connectivity index (χ0) is 17.1. The molecule has 0 aliphatic carbocycles. The summed E-state index contributed by atoms with van der Waals surface area (Å²) in [5.41, 5.74) is 4.66. The zero-order valence-corrected chi connectivity index (χ0v) is 15.5. The van der Waals surface area contributed by atoms with E-state index in [0.717, 1.165) is 27.3 Å². The van der Waals surface area contributed by atoms with E-state index in [4.69, 9.17) is 17.0 Å². The predicted molar refractivity (Wildman–Crippen MR) is 101 cm³/mol. The van der Waals surface area contributed by atoms with Gasteiger partial charge in [0, 0.05) is 10.6 Å².